The fourth-order valence-electron chi connectivity index (χ4n) is 1.83. The lowest BCUT2D eigenvalue weighted by atomic mass is 9.97. The zero-order valence-corrected chi connectivity index (χ0v) is 12.8. The Balaban J connectivity index is 3.33. The van der Waals surface area contributed by atoms with Crippen molar-refractivity contribution in [1.29, 1.82) is 5.26 Å². The second kappa shape index (κ2) is 12.4. The maximum Gasteiger partial charge on any atom is 0.103 e. The molecular formula is C15H30N2O2. The Labute approximate surface area is 118 Å². The Morgan fingerprint density at radius 2 is 1.63 bits per heavy atom. The van der Waals surface area contributed by atoms with Gasteiger partial charge < -0.3 is 9.47 Å². The highest BCUT2D eigenvalue weighted by Gasteiger charge is 2.20. The summed E-state index contributed by atoms with van der Waals surface area (Å²) in [6.45, 7) is 9.92. The molecular weight excluding hydrogens is 240 g/mol. The summed E-state index contributed by atoms with van der Waals surface area (Å²) in [4.78, 5) is 0. The van der Waals surface area contributed by atoms with Gasteiger partial charge in [-0.25, -0.2) is 0 Å². The van der Waals surface area contributed by atoms with E-state index in [9.17, 15) is 0 Å². The van der Waals surface area contributed by atoms with Crippen molar-refractivity contribution in [3.05, 3.63) is 0 Å². The molecule has 0 aromatic carbocycles. The number of rotatable bonds is 13. The van der Waals surface area contributed by atoms with E-state index in [2.05, 4.69) is 18.3 Å². The van der Waals surface area contributed by atoms with Gasteiger partial charge >= 0.3 is 0 Å². The molecule has 0 saturated heterocycles. The van der Waals surface area contributed by atoms with Gasteiger partial charge in [-0.1, -0.05) is 20.3 Å². The third-order valence-electron chi connectivity index (χ3n) is 3.04. The average Bonchev–Trinajstić information content (AvgIpc) is 2.41. The van der Waals surface area contributed by atoms with Crippen LogP contribution >= 0.6 is 0 Å². The molecule has 0 radical (unpaired) electrons. The van der Waals surface area contributed by atoms with Gasteiger partial charge in [-0.3, -0.25) is 5.32 Å². The Bertz CT molecular complexity index is 241. The lowest BCUT2D eigenvalue weighted by molar-refractivity contribution is 0.0450. The molecule has 0 aromatic heterocycles. The van der Waals surface area contributed by atoms with E-state index in [1.807, 2.05) is 13.8 Å². The molecule has 0 spiro atoms. The van der Waals surface area contributed by atoms with Crippen molar-refractivity contribution in [2.45, 2.75) is 58.4 Å². The molecule has 19 heavy (non-hydrogen) atoms. The predicted molar refractivity (Wildman–Crippen MR) is 78.1 cm³/mol. The van der Waals surface area contributed by atoms with E-state index >= 15 is 0 Å². The minimum Gasteiger partial charge on any atom is -0.379 e. The van der Waals surface area contributed by atoms with E-state index in [0.717, 1.165) is 45.4 Å². The Hall–Kier alpha value is -0.630. The van der Waals surface area contributed by atoms with Gasteiger partial charge in [0, 0.05) is 13.2 Å². The van der Waals surface area contributed by atoms with Gasteiger partial charge in [-0.05, 0) is 39.2 Å². The summed E-state index contributed by atoms with van der Waals surface area (Å²) in [5.74, 6) is 0. The van der Waals surface area contributed by atoms with Gasteiger partial charge in [0.2, 0.25) is 0 Å². The molecule has 0 rings (SSSR count). The number of hydrogen-bond donors (Lipinski definition) is 1. The van der Waals surface area contributed by atoms with Gasteiger partial charge in [0.05, 0.1) is 19.3 Å². The van der Waals surface area contributed by atoms with Crippen LogP contribution in [0.1, 0.15) is 52.9 Å². The maximum atomic E-state index is 9.10. The quantitative estimate of drug-likeness (QED) is 0.523. The van der Waals surface area contributed by atoms with Crippen LogP contribution in [0.3, 0.4) is 0 Å². The SMILES string of the molecule is CCCCOCCOCCCCC(C)(C#N)NCC. The van der Waals surface area contributed by atoms with Crippen molar-refractivity contribution in [1.82, 2.24) is 5.32 Å². The first-order valence-electron chi connectivity index (χ1n) is 7.50. The van der Waals surface area contributed by atoms with Gasteiger partial charge in [0.15, 0.2) is 0 Å². The molecule has 4 heteroatoms. The van der Waals surface area contributed by atoms with Gasteiger partial charge in [0.25, 0.3) is 0 Å². The second-order valence-corrected chi connectivity index (χ2v) is 5.01. The van der Waals surface area contributed by atoms with E-state index in [4.69, 9.17) is 14.7 Å². The van der Waals surface area contributed by atoms with Crippen LogP contribution in [0.15, 0.2) is 0 Å². The van der Waals surface area contributed by atoms with Crippen LogP contribution in [-0.2, 0) is 9.47 Å². The molecule has 0 aliphatic rings. The van der Waals surface area contributed by atoms with Crippen LogP contribution in [0.25, 0.3) is 0 Å². The lowest BCUT2D eigenvalue weighted by Gasteiger charge is -2.22. The minimum atomic E-state index is -0.391. The fraction of sp³-hybridized carbons (Fsp3) is 0.933. The number of nitrogens with zero attached hydrogens (tertiary/aromatic N) is 1. The summed E-state index contributed by atoms with van der Waals surface area (Å²) in [7, 11) is 0. The van der Waals surface area contributed by atoms with E-state index in [1.165, 1.54) is 6.42 Å². The first kappa shape index (κ1) is 18.4. The minimum absolute atomic E-state index is 0.391. The third kappa shape index (κ3) is 10.9. The van der Waals surface area contributed by atoms with Crippen LogP contribution in [0.4, 0.5) is 0 Å². The number of hydrogen-bond acceptors (Lipinski definition) is 4. The van der Waals surface area contributed by atoms with Crippen molar-refractivity contribution in [2.75, 3.05) is 33.0 Å². The van der Waals surface area contributed by atoms with E-state index in [1.54, 1.807) is 0 Å². The molecule has 112 valence electrons. The smallest absolute Gasteiger partial charge is 0.103 e. The van der Waals surface area contributed by atoms with E-state index in [-0.39, 0.29) is 0 Å². The molecule has 0 aliphatic heterocycles. The fourth-order valence-corrected chi connectivity index (χ4v) is 1.83. The zero-order valence-electron chi connectivity index (χ0n) is 12.8. The van der Waals surface area contributed by atoms with Crippen LogP contribution in [0.2, 0.25) is 0 Å². The molecule has 0 saturated carbocycles. The predicted octanol–water partition coefficient (Wildman–Crippen LogP) is 2.88. The van der Waals surface area contributed by atoms with E-state index < -0.39 is 5.54 Å². The first-order chi connectivity index (χ1) is 9.18. The molecule has 0 amide bonds. The third-order valence-corrected chi connectivity index (χ3v) is 3.04. The maximum absolute atomic E-state index is 9.10. The second-order valence-electron chi connectivity index (χ2n) is 5.01. The number of unbranched alkanes of at least 4 members (excludes halogenated alkanes) is 2. The van der Waals surface area contributed by atoms with Crippen molar-refractivity contribution in [3.63, 3.8) is 0 Å². The van der Waals surface area contributed by atoms with Crippen LogP contribution in [0, 0.1) is 11.3 Å². The lowest BCUT2D eigenvalue weighted by Crippen LogP contribution is -2.40. The van der Waals surface area contributed by atoms with Crippen molar-refractivity contribution in [3.8, 4) is 6.07 Å². The van der Waals surface area contributed by atoms with Crippen molar-refractivity contribution >= 4 is 0 Å². The molecule has 0 bridgehead atoms. The number of nitrogens with one attached hydrogen (secondary N) is 1. The van der Waals surface area contributed by atoms with Crippen molar-refractivity contribution < 1.29 is 9.47 Å². The molecule has 1 atom stereocenters. The summed E-state index contributed by atoms with van der Waals surface area (Å²) >= 11 is 0. The van der Waals surface area contributed by atoms with E-state index in [0.29, 0.717) is 13.2 Å². The Morgan fingerprint density at radius 3 is 2.16 bits per heavy atom. The van der Waals surface area contributed by atoms with Crippen molar-refractivity contribution in [2.24, 2.45) is 0 Å². The van der Waals surface area contributed by atoms with Gasteiger partial charge in [0.1, 0.15) is 5.54 Å². The molecule has 0 aliphatic carbocycles. The standard InChI is InChI=1S/C15H30N2O2/c1-4-6-10-18-12-13-19-11-8-7-9-15(3,14-16)17-5-2/h17H,4-13H2,1-3H3. The largest absolute Gasteiger partial charge is 0.379 e. The molecule has 4 nitrogen and oxygen atoms in total. The Kier molecular flexibility index (Phi) is 12.0. The highest BCUT2D eigenvalue weighted by atomic mass is 16.5. The van der Waals surface area contributed by atoms with Crippen LogP contribution in [0.5, 0.6) is 0 Å². The zero-order chi connectivity index (χ0) is 14.4. The number of ether oxygens (including phenoxy) is 2. The van der Waals surface area contributed by atoms with Crippen LogP contribution < -0.4 is 5.32 Å². The molecule has 0 fully saturated rings. The van der Waals surface area contributed by atoms with Gasteiger partial charge in [-0.15, -0.1) is 0 Å². The summed E-state index contributed by atoms with van der Waals surface area (Å²) < 4.78 is 10.9. The van der Waals surface area contributed by atoms with Crippen LogP contribution in [-0.4, -0.2) is 38.5 Å². The molecule has 1 N–H and O–H groups in total. The first-order valence-corrected chi connectivity index (χ1v) is 7.50. The summed E-state index contributed by atoms with van der Waals surface area (Å²) in [5.41, 5.74) is -0.391. The Morgan fingerprint density at radius 1 is 1.00 bits per heavy atom. The topological polar surface area (TPSA) is 54.3 Å². The molecule has 0 aromatic rings. The highest BCUT2D eigenvalue weighted by Crippen LogP contribution is 2.12. The summed E-state index contributed by atoms with van der Waals surface area (Å²) in [6.07, 6.45) is 5.17. The molecule has 0 heterocycles. The van der Waals surface area contributed by atoms with Gasteiger partial charge in [-0.2, -0.15) is 5.26 Å². The summed E-state index contributed by atoms with van der Waals surface area (Å²) in [5, 5.41) is 12.3. The number of nitriles is 1. The highest BCUT2D eigenvalue weighted by molar-refractivity contribution is 5.03. The molecule has 1 unspecified atom stereocenters. The monoisotopic (exact) mass is 270 g/mol. The average molecular weight is 270 g/mol. The normalized spacial score (nSPS) is 14.0. The summed E-state index contributed by atoms with van der Waals surface area (Å²) in [6, 6.07) is 2.34.